The Balaban J connectivity index is 1.50. The number of hydrogen-bond acceptors (Lipinski definition) is 3. The molecular weight excluding hydrogens is 327 g/mol. The second kappa shape index (κ2) is 7.57. The molecule has 0 aliphatic carbocycles. The van der Waals surface area contributed by atoms with Crippen LogP contribution in [-0.2, 0) is 16.0 Å². The molecule has 1 aromatic carbocycles. The summed E-state index contributed by atoms with van der Waals surface area (Å²) in [6.07, 6.45) is 2.51. The minimum absolute atomic E-state index is 0.125. The van der Waals surface area contributed by atoms with Crippen LogP contribution in [0.5, 0.6) is 0 Å². The number of aryl methyl sites for hydroxylation is 1. The summed E-state index contributed by atoms with van der Waals surface area (Å²) in [5.41, 5.74) is 0.275. The first-order valence-corrected chi connectivity index (χ1v) is 8.91. The lowest BCUT2D eigenvalue weighted by Crippen LogP contribution is -2.41. The van der Waals surface area contributed by atoms with Crippen LogP contribution in [-0.4, -0.2) is 24.4 Å². The third kappa shape index (κ3) is 3.82. The Morgan fingerprint density at radius 2 is 2.12 bits per heavy atom. The van der Waals surface area contributed by atoms with E-state index in [0.717, 1.165) is 12.8 Å². The quantitative estimate of drug-likeness (QED) is 0.874. The molecule has 1 aliphatic rings. The van der Waals surface area contributed by atoms with Gasteiger partial charge in [-0.05, 0) is 42.8 Å². The number of carbonyl (C=O) groups is 2. The Bertz CT molecular complexity index is 718. The van der Waals surface area contributed by atoms with Crippen LogP contribution in [0.2, 0.25) is 0 Å². The van der Waals surface area contributed by atoms with Crippen LogP contribution in [0.15, 0.2) is 41.8 Å². The molecule has 1 fully saturated rings. The summed E-state index contributed by atoms with van der Waals surface area (Å²) in [6.45, 7) is 0.417. The molecule has 1 aromatic heterocycles. The summed E-state index contributed by atoms with van der Waals surface area (Å²) in [4.78, 5) is 27.1. The van der Waals surface area contributed by atoms with Crippen LogP contribution >= 0.6 is 11.3 Å². The molecule has 0 saturated carbocycles. The van der Waals surface area contributed by atoms with E-state index in [1.165, 1.54) is 15.8 Å². The number of nitrogens with one attached hydrogen (secondary N) is 1. The fourth-order valence-electron chi connectivity index (χ4n) is 2.87. The third-order valence-electron chi connectivity index (χ3n) is 4.09. The van der Waals surface area contributed by atoms with E-state index in [-0.39, 0.29) is 17.5 Å². The maximum Gasteiger partial charge on any atom is 0.249 e. The van der Waals surface area contributed by atoms with Gasteiger partial charge in [0.1, 0.15) is 11.9 Å². The first-order valence-electron chi connectivity index (χ1n) is 8.03. The smallest absolute Gasteiger partial charge is 0.249 e. The number of halogens is 1. The van der Waals surface area contributed by atoms with Crippen molar-refractivity contribution >= 4 is 28.8 Å². The van der Waals surface area contributed by atoms with E-state index in [1.54, 1.807) is 29.5 Å². The Kier molecular flexibility index (Phi) is 5.25. The molecule has 2 aromatic rings. The highest BCUT2D eigenvalue weighted by Crippen LogP contribution is 2.24. The molecular formula is C18H19FN2O2S. The van der Waals surface area contributed by atoms with Crippen molar-refractivity contribution in [1.29, 1.82) is 0 Å². The largest absolute Gasteiger partial charge is 0.344 e. The number of thiophene rings is 1. The molecule has 1 saturated heterocycles. The summed E-state index contributed by atoms with van der Waals surface area (Å²) >= 11 is 1.68. The molecule has 1 N–H and O–H groups in total. The fourth-order valence-corrected chi connectivity index (χ4v) is 3.62. The number of para-hydroxylation sites is 1. The maximum atomic E-state index is 13.8. The summed E-state index contributed by atoms with van der Waals surface area (Å²) < 4.78 is 13.8. The number of hydrogen-bond donors (Lipinski definition) is 1. The van der Waals surface area contributed by atoms with Gasteiger partial charge in [-0.25, -0.2) is 4.39 Å². The molecule has 2 heterocycles. The zero-order valence-corrected chi connectivity index (χ0v) is 14.0. The van der Waals surface area contributed by atoms with Gasteiger partial charge in [0.05, 0.1) is 5.69 Å². The molecule has 1 aliphatic heterocycles. The van der Waals surface area contributed by atoms with Gasteiger partial charge in [-0.2, -0.15) is 0 Å². The van der Waals surface area contributed by atoms with Gasteiger partial charge in [0.15, 0.2) is 0 Å². The summed E-state index contributed by atoms with van der Waals surface area (Å²) in [7, 11) is 0. The van der Waals surface area contributed by atoms with E-state index < -0.39 is 11.9 Å². The Labute approximate surface area is 144 Å². The van der Waals surface area contributed by atoms with Crippen molar-refractivity contribution in [3.05, 3.63) is 52.5 Å². The van der Waals surface area contributed by atoms with Crippen molar-refractivity contribution in [3.63, 3.8) is 0 Å². The highest BCUT2D eigenvalue weighted by atomic mass is 32.1. The molecule has 0 spiro atoms. The van der Waals surface area contributed by atoms with E-state index in [1.807, 2.05) is 11.4 Å². The Morgan fingerprint density at radius 3 is 2.88 bits per heavy atom. The minimum Gasteiger partial charge on any atom is -0.344 e. The molecule has 4 nitrogen and oxygen atoms in total. The van der Waals surface area contributed by atoms with Crippen molar-refractivity contribution in [3.8, 4) is 0 Å². The molecule has 3 rings (SSSR count). The first kappa shape index (κ1) is 16.6. The van der Waals surface area contributed by atoms with Crippen molar-refractivity contribution in [1.82, 2.24) is 5.32 Å². The van der Waals surface area contributed by atoms with Gasteiger partial charge in [-0.15, -0.1) is 11.3 Å². The van der Waals surface area contributed by atoms with Crippen LogP contribution in [0.4, 0.5) is 10.1 Å². The number of rotatable bonds is 6. The van der Waals surface area contributed by atoms with Gasteiger partial charge in [0.25, 0.3) is 0 Å². The second-order valence-electron chi connectivity index (χ2n) is 5.78. The summed E-state index contributed by atoms with van der Waals surface area (Å²) in [5, 5.41) is 4.80. The van der Waals surface area contributed by atoms with Crippen LogP contribution < -0.4 is 10.2 Å². The molecule has 2 amide bonds. The zero-order valence-electron chi connectivity index (χ0n) is 13.2. The number of benzene rings is 1. The SMILES string of the molecule is O=C(CCCc1cccs1)N[C@H]1CCN(c2ccccc2F)C1=O. The molecule has 6 heteroatoms. The molecule has 126 valence electrons. The predicted octanol–water partition coefficient (Wildman–Crippen LogP) is 3.13. The van der Waals surface area contributed by atoms with Crippen molar-refractivity contribution in [2.45, 2.75) is 31.7 Å². The lowest BCUT2D eigenvalue weighted by atomic mass is 10.2. The minimum atomic E-state index is -0.557. The summed E-state index contributed by atoms with van der Waals surface area (Å²) in [6, 6.07) is 9.69. The molecule has 0 radical (unpaired) electrons. The summed E-state index contributed by atoms with van der Waals surface area (Å²) in [5.74, 6) is -0.791. The van der Waals surface area contributed by atoms with Gasteiger partial charge in [-0.3, -0.25) is 9.59 Å². The number of anilines is 1. The fraction of sp³-hybridized carbons (Fsp3) is 0.333. The van der Waals surface area contributed by atoms with E-state index >= 15 is 0 Å². The van der Waals surface area contributed by atoms with Gasteiger partial charge >= 0.3 is 0 Å². The molecule has 0 bridgehead atoms. The highest BCUT2D eigenvalue weighted by Gasteiger charge is 2.34. The monoisotopic (exact) mass is 346 g/mol. The van der Waals surface area contributed by atoms with Gasteiger partial charge < -0.3 is 10.2 Å². The standard InChI is InChI=1S/C18H19FN2O2S/c19-14-7-1-2-8-16(14)21-11-10-15(18(21)23)20-17(22)9-3-5-13-6-4-12-24-13/h1-2,4,6-8,12,15H,3,5,9-11H2,(H,20,22)/t15-/m0/s1. The Hall–Kier alpha value is -2.21. The molecule has 1 atom stereocenters. The van der Waals surface area contributed by atoms with Crippen LogP contribution in [0.3, 0.4) is 0 Å². The average molecular weight is 346 g/mol. The third-order valence-corrected chi connectivity index (χ3v) is 5.03. The molecule has 0 unspecified atom stereocenters. The maximum absolute atomic E-state index is 13.8. The topological polar surface area (TPSA) is 49.4 Å². The van der Waals surface area contributed by atoms with Crippen LogP contribution in [0, 0.1) is 5.82 Å². The second-order valence-corrected chi connectivity index (χ2v) is 6.82. The lowest BCUT2D eigenvalue weighted by molar-refractivity contribution is -0.126. The highest BCUT2D eigenvalue weighted by molar-refractivity contribution is 7.09. The number of nitrogens with zero attached hydrogens (tertiary/aromatic N) is 1. The zero-order chi connectivity index (χ0) is 16.9. The number of amides is 2. The van der Waals surface area contributed by atoms with Crippen molar-refractivity contribution in [2.24, 2.45) is 0 Å². The van der Waals surface area contributed by atoms with E-state index in [4.69, 9.17) is 0 Å². The predicted molar refractivity (Wildman–Crippen MR) is 92.6 cm³/mol. The van der Waals surface area contributed by atoms with Gasteiger partial charge in [0.2, 0.25) is 11.8 Å². The molecule has 24 heavy (non-hydrogen) atoms. The van der Waals surface area contributed by atoms with Gasteiger partial charge in [0, 0.05) is 17.8 Å². The van der Waals surface area contributed by atoms with Gasteiger partial charge in [-0.1, -0.05) is 18.2 Å². The van der Waals surface area contributed by atoms with E-state index in [0.29, 0.717) is 19.4 Å². The Morgan fingerprint density at radius 1 is 1.29 bits per heavy atom. The first-order chi connectivity index (χ1) is 11.6. The average Bonchev–Trinajstić information content (AvgIpc) is 3.19. The number of carbonyl (C=O) groups excluding carboxylic acids is 2. The van der Waals surface area contributed by atoms with Crippen molar-refractivity contribution in [2.75, 3.05) is 11.4 Å². The van der Waals surface area contributed by atoms with Crippen LogP contribution in [0.1, 0.15) is 24.1 Å². The van der Waals surface area contributed by atoms with E-state index in [9.17, 15) is 14.0 Å². The lowest BCUT2D eigenvalue weighted by Gasteiger charge is -2.17. The van der Waals surface area contributed by atoms with Crippen LogP contribution in [0.25, 0.3) is 0 Å². The normalized spacial score (nSPS) is 17.3. The van der Waals surface area contributed by atoms with E-state index in [2.05, 4.69) is 11.4 Å². The van der Waals surface area contributed by atoms with Crippen molar-refractivity contribution < 1.29 is 14.0 Å².